The molecule has 0 bridgehead atoms. The molecule has 0 aliphatic rings. The lowest BCUT2D eigenvalue weighted by atomic mass is 10.0. The van der Waals surface area contributed by atoms with Crippen LogP contribution in [0, 0.1) is 0 Å². The van der Waals surface area contributed by atoms with E-state index >= 15 is 0 Å². The van der Waals surface area contributed by atoms with Gasteiger partial charge >= 0.3 is 0 Å². The van der Waals surface area contributed by atoms with E-state index < -0.39 is 16.0 Å². The normalized spacial score (nSPS) is 14.2. The monoisotopic (exact) mass is 347 g/mol. The Morgan fingerprint density at radius 2 is 2.00 bits per heavy atom. The van der Waals surface area contributed by atoms with Crippen LogP contribution in [0.1, 0.15) is 39.7 Å². The summed E-state index contributed by atoms with van der Waals surface area (Å²) >= 11 is 0. The van der Waals surface area contributed by atoms with E-state index in [1.54, 1.807) is 17.8 Å². The maximum absolute atomic E-state index is 12.5. The molecule has 130 valence electrons. The van der Waals surface area contributed by atoms with Crippen molar-refractivity contribution in [1.82, 2.24) is 15.1 Å². The largest absolute Gasteiger partial charge is 0.350 e. The Morgan fingerprint density at radius 1 is 1.33 bits per heavy atom. The number of hydrogen-bond donors (Lipinski definition) is 1. The zero-order valence-corrected chi connectivity index (χ0v) is 15.5. The predicted molar refractivity (Wildman–Crippen MR) is 97.4 cm³/mol. The SMILES string of the molecule is CCC(C)(C)NC(=O)[C@H](C)[S@](=O)Cc1ccc(-n2cccn2)cc1. The van der Waals surface area contributed by atoms with Gasteiger partial charge in [-0.25, -0.2) is 4.68 Å². The minimum absolute atomic E-state index is 0.159. The molecule has 1 amide bonds. The van der Waals surface area contributed by atoms with Crippen LogP contribution in [0.4, 0.5) is 0 Å². The summed E-state index contributed by atoms with van der Waals surface area (Å²) in [5.41, 5.74) is 1.62. The van der Waals surface area contributed by atoms with Crippen LogP contribution in [0.15, 0.2) is 42.7 Å². The Kier molecular flexibility index (Phi) is 5.94. The van der Waals surface area contributed by atoms with Crippen molar-refractivity contribution in [2.45, 2.75) is 50.7 Å². The van der Waals surface area contributed by atoms with Gasteiger partial charge in [-0.2, -0.15) is 5.10 Å². The summed E-state index contributed by atoms with van der Waals surface area (Å²) in [5.74, 6) is 0.203. The van der Waals surface area contributed by atoms with Crippen LogP contribution in [0.5, 0.6) is 0 Å². The van der Waals surface area contributed by atoms with E-state index in [0.717, 1.165) is 17.7 Å². The quantitative estimate of drug-likeness (QED) is 0.838. The highest BCUT2D eigenvalue weighted by molar-refractivity contribution is 7.85. The van der Waals surface area contributed by atoms with Crippen molar-refractivity contribution in [3.8, 4) is 5.69 Å². The van der Waals surface area contributed by atoms with Crippen molar-refractivity contribution in [2.75, 3.05) is 0 Å². The second kappa shape index (κ2) is 7.75. The zero-order chi connectivity index (χ0) is 17.7. The lowest BCUT2D eigenvalue weighted by Gasteiger charge is -2.26. The molecule has 0 spiro atoms. The lowest BCUT2D eigenvalue weighted by Crippen LogP contribution is -2.47. The van der Waals surface area contributed by atoms with Gasteiger partial charge in [0.2, 0.25) is 5.91 Å². The van der Waals surface area contributed by atoms with Crippen LogP contribution in [-0.2, 0) is 21.3 Å². The van der Waals surface area contributed by atoms with Crippen LogP contribution >= 0.6 is 0 Å². The third-order valence-corrected chi connectivity index (χ3v) is 5.74. The van der Waals surface area contributed by atoms with E-state index in [1.165, 1.54) is 0 Å². The molecule has 0 aliphatic heterocycles. The van der Waals surface area contributed by atoms with Gasteiger partial charge in [0.15, 0.2) is 0 Å². The number of carbonyl (C=O) groups excluding carboxylic acids is 1. The Morgan fingerprint density at radius 3 is 2.54 bits per heavy atom. The Labute approximate surface area is 145 Å². The first-order valence-corrected chi connectivity index (χ1v) is 9.49. The van der Waals surface area contributed by atoms with Crippen LogP contribution in [0.3, 0.4) is 0 Å². The maximum atomic E-state index is 12.5. The topological polar surface area (TPSA) is 64.0 Å². The number of hydrogen-bond acceptors (Lipinski definition) is 3. The van der Waals surface area contributed by atoms with Crippen LogP contribution in [0.2, 0.25) is 0 Å². The predicted octanol–water partition coefficient (Wildman–Crippen LogP) is 2.81. The molecule has 6 heteroatoms. The fourth-order valence-corrected chi connectivity index (χ4v) is 3.17. The Balaban J connectivity index is 1.97. The van der Waals surface area contributed by atoms with Crippen molar-refractivity contribution in [1.29, 1.82) is 0 Å². The average molecular weight is 347 g/mol. The van der Waals surface area contributed by atoms with Gasteiger partial charge < -0.3 is 5.32 Å². The summed E-state index contributed by atoms with van der Waals surface area (Å²) in [7, 11) is -1.26. The molecule has 24 heavy (non-hydrogen) atoms. The third-order valence-electron chi connectivity index (χ3n) is 4.12. The number of nitrogens with one attached hydrogen (secondary N) is 1. The first-order chi connectivity index (χ1) is 11.3. The number of aromatic nitrogens is 2. The molecule has 0 saturated carbocycles. The van der Waals surface area contributed by atoms with Crippen molar-refractivity contribution < 1.29 is 9.00 Å². The molecule has 2 atom stereocenters. The number of carbonyl (C=O) groups is 1. The van der Waals surface area contributed by atoms with Gasteiger partial charge in [0.05, 0.1) is 5.69 Å². The van der Waals surface area contributed by atoms with Crippen LogP contribution in [-0.4, -0.2) is 30.7 Å². The zero-order valence-electron chi connectivity index (χ0n) is 14.7. The second-order valence-corrected chi connectivity index (χ2v) is 8.27. The third kappa shape index (κ3) is 4.77. The molecule has 1 aromatic heterocycles. The second-order valence-electron chi connectivity index (χ2n) is 6.51. The first kappa shape index (κ1) is 18.4. The number of nitrogens with zero attached hydrogens (tertiary/aromatic N) is 2. The minimum atomic E-state index is -1.26. The highest BCUT2D eigenvalue weighted by Gasteiger charge is 2.25. The molecule has 0 saturated heterocycles. The molecule has 1 N–H and O–H groups in total. The van der Waals surface area contributed by atoms with Gasteiger partial charge in [-0.15, -0.1) is 0 Å². The number of amides is 1. The average Bonchev–Trinajstić information content (AvgIpc) is 3.08. The summed E-state index contributed by atoms with van der Waals surface area (Å²) < 4.78 is 14.2. The Bertz CT molecular complexity index is 694. The molecular weight excluding hydrogens is 322 g/mol. The number of rotatable bonds is 7. The van der Waals surface area contributed by atoms with E-state index in [-0.39, 0.29) is 11.4 Å². The molecule has 1 heterocycles. The Hall–Kier alpha value is -1.95. The summed E-state index contributed by atoms with van der Waals surface area (Å²) in [4.78, 5) is 12.2. The fourth-order valence-electron chi connectivity index (χ4n) is 2.10. The smallest absolute Gasteiger partial charge is 0.235 e. The molecule has 2 rings (SSSR count). The highest BCUT2D eigenvalue weighted by atomic mass is 32.2. The number of benzene rings is 1. The fraction of sp³-hybridized carbons (Fsp3) is 0.444. The summed E-state index contributed by atoms with van der Waals surface area (Å²) in [5, 5.41) is 6.59. The minimum Gasteiger partial charge on any atom is -0.350 e. The molecule has 0 aliphatic carbocycles. The summed E-state index contributed by atoms with van der Waals surface area (Å²) in [6.45, 7) is 7.67. The van der Waals surface area contributed by atoms with E-state index in [0.29, 0.717) is 5.75 Å². The molecular formula is C18H25N3O2S. The summed E-state index contributed by atoms with van der Waals surface area (Å²) in [6.07, 6.45) is 4.42. The molecule has 5 nitrogen and oxygen atoms in total. The van der Waals surface area contributed by atoms with Gasteiger partial charge in [-0.05, 0) is 51.0 Å². The van der Waals surface area contributed by atoms with Crippen molar-refractivity contribution in [2.24, 2.45) is 0 Å². The van der Waals surface area contributed by atoms with Crippen molar-refractivity contribution in [3.05, 3.63) is 48.3 Å². The van der Waals surface area contributed by atoms with Gasteiger partial charge in [0.1, 0.15) is 5.25 Å². The van der Waals surface area contributed by atoms with E-state index in [1.807, 2.05) is 57.3 Å². The van der Waals surface area contributed by atoms with Gasteiger partial charge in [0, 0.05) is 34.5 Å². The van der Waals surface area contributed by atoms with Gasteiger partial charge in [-0.3, -0.25) is 9.00 Å². The van der Waals surface area contributed by atoms with E-state index in [9.17, 15) is 9.00 Å². The molecule has 0 unspecified atom stereocenters. The molecule has 0 radical (unpaired) electrons. The highest BCUT2D eigenvalue weighted by Crippen LogP contribution is 2.13. The van der Waals surface area contributed by atoms with Crippen molar-refractivity contribution in [3.63, 3.8) is 0 Å². The molecule has 0 fully saturated rings. The standard InChI is InChI=1S/C18H25N3O2S/c1-5-18(3,4)20-17(22)14(2)24(23)13-15-7-9-16(10-8-15)21-12-6-11-19-21/h6-12,14H,5,13H2,1-4H3,(H,20,22)/t14-,24+/m0/s1. The molecule has 1 aromatic carbocycles. The van der Waals surface area contributed by atoms with E-state index in [2.05, 4.69) is 10.4 Å². The maximum Gasteiger partial charge on any atom is 0.235 e. The van der Waals surface area contributed by atoms with Crippen LogP contribution in [0.25, 0.3) is 5.69 Å². The van der Waals surface area contributed by atoms with Crippen molar-refractivity contribution >= 4 is 16.7 Å². The van der Waals surface area contributed by atoms with Gasteiger partial charge in [-0.1, -0.05) is 19.1 Å². The van der Waals surface area contributed by atoms with Crippen LogP contribution < -0.4 is 5.32 Å². The first-order valence-electron chi connectivity index (χ1n) is 8.10. The van der Waals surface area contributed by atoms with E-state index in [4.69, 9.17) is 0 Å². The lowest BCUT2D eigenvalue weighted by molar-refractivity contribution is -0.121. The summed E-state index contributed by atoms with van der Waals surface area (Å²) in [6, 6.07) is 9.58. The van der Waals surface area contributed by atoms with Gasteiger partial charge in [0.25, 0.3) is 0 Å². The molecule has 2 aromatic rings.